The topological polar surface area (TPSA) is 60.2 Å². The molecule has 1 fully saturated rings. The lowest BCUT2D eigenvalue weighted by Crippen LogP contribution is -2.38. The maximum Gasteiger partial charge on any atom is 0.184 e. The molecule has 0 bridgehead atoms. The minimum atomic E-state index is 0. The number of halogens is 3. The van der Waals surface area contributed by atoms with Crippen LogP contribution in [0.1, 0.15) is 0 Å². The first-order valence-electron chi connectivity index (χ1n) is 5.38. The van der Waals surface area contributed by atoms with Crippen molar-refractivity contribution in [2.45, 2.75) is 12.1 Å². The Labute approximate surface area is 132 Å². The first-order chi connectivity index (χ1) is 8.22. The summed E-state index contributed by atoms with van der Waals surface area (Å²) in [7, 11) is 0. The minimum absolute atomic E-state index is 0. The molecule has 2 heterocycles. The van der Waals surface area contributed by atoms with Gasteiger partial charge in [0, 0.05) is 5.02 Å². The predicted molar refractivity (Wildman–Crippen MR) is 85.3 cm³/mol. The van der Waals surface area contributed by atoms with Crippen LogP contribution in [0.15, 0.2) is 18.2 Å². The number of anilines is 1. The molecule has 1 aliphatic heterocycles. The fraction of sp³-hybridized carbons (Fsp3) is 0.364. The van der Waals surface area contributed by atoms with Crippen LogP contribution in [-0.2, 0) is 4.74 Å². The lowest BCUT2D eigenvalue weighted by molar-refractivity contribution is 0.192. The lowest BCUT2D eigenvalue weighted by Gasteiger charge is -2.13. The molecule has 0 radical (unpaired) electrons. The van der Waals surface area contributed by atoms with Crippen LogP contribution in [0.2, 0.25) is 5.02 Å². The second-order valence-electron chi connectivity index (χ2n) is 4.08. The summed E-state index contributed by atoms with van der Waals surface area (Å²) in [5.74, 6) is 0. The van der Waals surface area contributed by atoms with Gasteiger partial charge in [0.05, 0.1) is 35.5 Å². The van der Waals surface area contributed by atoms with Crippen LogP contribution < -0.4 is 11.1 Å². The van der Waals surface area contributed by atoms with Gasteiger partial charge in [-0.05, 0) is 18.2 Å². The number of rotatable bonds is 2. The molecular weight excluding hydrogens is 329 g/mol. The Kier molecular flexibility index (Phi) is 6.11. The molecule has 106 valence electrons. The number of aromatic nitrogens is 1. The molecule has 2 aromatic rings. The zero-order valence-corrected chi connectivity index (χ0v) is 13.0. The largest absolute Gasteiger partial charge is 0.378 e. The van der Waals surface area contributed by atoms with E-state index in [1.54, 1.807) is 11.3 Å². The highest BCUT2D eigenvalue weighted by molar-refractivity contribution is 7.22. The van der Waals surface area contributed by atoms with Gasteiger partial charge in [0.2, 0.25) is 0 Å². The first kappa shape index (κ1) is 16.8. The molecule has 1 aliphatic rings. The normalized spacial score (nSPS) is 21.8. The van der Waals surface area contributed by atoms with Crippen LogP contribution in [0.5, 0.6) is 0 Å². The van der Waals surface area contributed by atoms with Gasteiger partial charge in [0.1, 0.15) is 0 Å². The molecule has 2 atom stereocenters. The van der Waals surface area contributed by atoms with Gasteiger partial charge in [-0.15, -0.1) is 24.8 Å². The van der Waals surface area contributed by atoms with E-state index in [0.29, 0.717) is 13.2 Å². The fourth-order valence-corrected chi connectivity index (χ4v) is 3.04. The van der Waals surface area contributed by atoms with Crippen LogP contribution in [0.3, 0.4) is 0 Å². The SMILES string of the molecule is Cl.Cl.N[C@@H]1COC[C@@H]1Nc1nc2ccc(Cl)cc2s1. The van der Waals surface area contributed by atoms with E-state index in [-0.39, 0.29) is 36.9 Å². The number of benzene rings is 1. The molecule has 8 heteroatoms. The second kappa shape index (κ2) is 6.92. The minimum Gasteiger partial charge on any atom is -0.378 e. The Hall–Kier alpha value is -0.300. The summed E-state index contributed by atoms with van der Waals surface area (Å²) < 4.78 is 6.38. The highest BCUT2D eigenvalue weighted by Gasteiger charge is 2.25. The van der Waals surface area contributed by atoms with Gasteiger partial charge in [0.25, 0.3) is 0 Å². The third kappa shape index (κ3) is 3.62. The van der Waals surface area contributed by atoms with E-state index in [0.717, 1.165) is 20.4 Å². The predicted octanol–water partition coefficient (Wildman–Crippen LogP) is 2.93. The average molecular weight is 343 g/mol. The Bertz CT molecular complexity index is 551. The van der Waals surface area contributed by atoms with E-state index in [1.807, 2.05) is 18.2 Å². The van der Waals surface area contributed by atoms with Crippen LogP contribution in [0.4, 0.5) is 5.13 Å². The molecule has 0 saturated carbocycles. The highest BCUT2D eigenvalue weighted by atomic mass is 35.5. The van der Waals surface area contributed by atoms with Crippen molar-refractivity contribution < 1.29 is 4.74 Å². The zero-order chi connectivity index (χ0) is 11.8. The van der Waals surface area contributed by atoms with Gasteiger partial charge in [0.15, 0.2) is 5.13 Å². The van der Waals surface area contributed by atoms with Crippen LogP contribution >= 0.6 is 47.8 Å². The van der Waals surface area contributed by atoms with E-state index < -0.39 is 0 Å². The average Bonchev–Trinajstić information content (AvgIpc) is 2.85. The molecular formula is C11H14Cl3N3OS. The van der Waals surface area contributed by atoms with Gasteiger partial charge < -0.3 is 15.8 Å². The Morgan fingerprint density at radius 3 is 2.84 bits per heavy atom. The molecule has 1 aromatic carbocycles. The quantitative estimate of drug-likeness (QED) is 0.881. The lowest BCUT2D eigenvalue weighted by atomic mass is 10.2. The van der Waals surface area contributed by atoms with Crippen LogP contribution in [0.25, 0.3) is 10.2 Å². The third-order valence-electron chi connectivity index (χ3n) is 2.78. The third-order valence-corrected chi connectivity index (χ3v) is 3.97. The monoisotopic (exact) mass is 341 g/mol. The standard InChI is InChI=1S/C11H12ClN3OS.2ClH/c12-6-1-2-8-10(3-6)17-11(14-8)15-9-5-16-4-7(9)13;;/h1-3,7,9H,4-5,13H2,(H,14,15);2*1H/t7-,9+;;/m1../s1. The van der Waals surface area contributed by atoms with Gasteiger partial charge >= 0.3 is 0 Å². The van der Waals surface area contributed by atoms with Gasteiger partial charge in [-0.2, -0.15) is 0 Å². The number of thiazole rings is 1. The molecule has 0 aliphatic carbocycles. The first-order valence-corrected chi connectivity index (χ1v) is 6.58. The van der Waals surface area contributed by atoms with E-state index >= 15 is 0 Å². The Morgan fingerprint density at radius 1 is 1.37 bits per heavy atom. The number of nitrogens with one attached hydrogen (secondary N) is 1. The van der Waals surface area contributed by atoms with Crippen LogP contribution in [0, 0.1) is 0 Å². The number of nitrogens with two attached hydrogens (primary N) is 1. The van der Waals surface area contributed by atoms with Crippen molar-refractivity contribution in [1.82, 2.24) is 4.98 Å². The maximum absolute atomic E-state index is 5.94. The van der Waals surface area contributed by atoms with E-state index in [9.17, 15) is 0 Å². The Morgan fingerprint density at radius 2 is 2.16 bits per heavy atom. The van der Waals surface area contributed by atoms with Crippen molar-refractivity contribution in [3.8, 4) is 0 Å². The summed E-state index contributed by atoms with van der Waals surface area (Å²) in [5, 5.41) is 4.91. The van der Waals surface area contributed by atoms with Crippen molar-refractivity contribution >= 4 is 63.1 Å². The van der Waals surface area contributed by atoms with Gasteiger partial charge in [-0.1, -0.05) is 22.9 Å². The number of ether oxygens (including phenoxy) is 1. The van der Waals surface area contributed by atoms with Gasteiger partial charge in [-0.3, -0.25) is 0 Å². The summed E-state index contributed by atoms with van der Waals surface area (Å²) in [6, 6.07) is 5.86. The van der Waals surface area contributed by atoms with Crippen molar-refractivity contribution in [1.29, 1.82) is 0 Å². The molecule has 1 aromatic heterocycles. The molecule has 3 rings (SSSR count). The number of fused-ring (bicyclic) bond motifs is 1. The molecule has 1 saturated heterocycles. The van der Waals surface area contributed by atoms with Crippen molar-refractivity contribution in [3.05, 3.63) is 23.2 Å². The fourth-order valence-electron chi connectivity index (χ4n) is 1.84. The second-order valence-corrected chi connectivity index (χ2v) is 5.55. The van der Waals surface area contributed by atoms with Crippen molar-refractivity contribution in [2.75, 3.05) is 18.5 Å². The number of hydrogen-bond acceptors (Lipinski definition) is 5. The van der Waals surface area contributed by atoms with Crippen LogP contribution in [-0.4, -0.2) is 30.3 Å². The van der Waals surface area contributed by atoms with E-state index in [1.165, 1.54) is 0 Å². The molecule has 0 unspecified atom stereocenters. The summed E-state index contributed by atoms with van der Waals surface area (Å²) in [6.45, 7) is 1.24. The zero-order valence-electron chi connectivity index (χ0n) is 9.84. The van der Waals surface area contributed by atoms with E-state index in [2.05, 4.69) is 10.3 Å². The molecule has 4 nitrogen and oxygen atoms in total. The maximum atomic E-state index is 5.94. The molecule has 3 N–H and O–H groups in total. The highest BCUT2D eigenvalue weighted by Crippen LogP contribution is 2.29. The number of hydrogen-bond donors (Lipinski definition) is 2. The summed E-state index contributed by atoms with van der Waals surface area (Å²) in [6.07, 6.45) is 0. The summed E-state index contributed by atoms with van der Waals surface area (Å²) in [4.78, 5) is 4.49. The van der Waals surface area contributed by atoms with Gasteiger partial charge in [-0.25, -0.2) is 4.98 Å². The molecule has 0 amide bonds. The number of nitrogens with zero attached hydrogens (tertiary/aromatic N) is 1. The summed E-state index contributed by atoms with van der Waals surface area (Å²) >= 11 is 7.52. The smallest absolute Gasteiger partial charge is 0.184 e. The van der Waals surface area contributed by atoms with Crippen molar-refractivity contribution in [3.63, 3.8) is 0 Å². The van der Waals surface area contributed by atoms with E-state index in [4.69, 9.17) is 22.1 Å². The molecule has 0 spiro atoms. The summed E-state index contributed by atoms with van der Waals surface area (Å²) in [5.41, 5.74) is 6.87. The van der Waals surface area contributed by atoms with Crippen molar-refractivity contribution in [2.24, 2.45) is 5.73 Å². The molecule has 19 heavy (non-hydrogen) atoms. The Balaban J connectivity index is 0.000000902.